The Morgan fingerprint density at radius 2 is 0.765 bits per heavy atom. The largest absolute Gasteiger partial charge is 0.386 e. The predicted octanol–water partition coefficient (Wildman–Crippen LogP) is 5.31. The van der Waals surface area contributed by atoms with E-state index in [1.807, 2.05) is 48.5 Å². The summed E-state index contributed by atoms with van der Waals surface area (Å²) in [5, 5.41) is 0. The summed E-state index contributed by atoms with van der Waals surface area (Å²) in [6, 6.07) is 25.7. The Balaban J connectivity index is 1.54. The molecule has 0 radical (unpaired) electrons. The Hall–Kier alpha value is -4.84. The van der Waals surface area contributed by atoms with Gasteiger partial charge < -0.3 is 9.47 Å². The summed E-state index contributed by atoms with van der Waals surface area (Å²) in [7, 11) is 0. The minimum Gasteiger partial charge on any atom is -0.386 e. The van der Waals surface area contributed by atoms with Crippen LogP contribution < -0.4 is 0 Å². The molecule has 162 valence electrons. The number of esters is 4. The number of cyclic esters (lactones) is 4. The first kappa shape index (κ1) is 19.8. The molecule has 0 bridgehead atoms. The SMILES string of the molecule is O=C1OC(=O)c2cc(-c3cc(-c4ccccc4)cc(-c4ccc5c(c4)C(=O)OC5=O)c3)ccc21. The topological polar surface area (TPSA) is 86.7 Å². The Kier molecular flexibility index (Phi) is 4.28. The van der Waals surface area contributed by atoms with Crippen LogP contribution in [0.15, 0.2) is 84.9 Å². The normalized spacial score (nSPS) is 14.0. The molecule has 6 nitrogen and oxygen atoms in total. The van der Waals surface area contributed by atoms with E-state index in [9.17, 15) is 19.2 Å². The van der Waals surface area contributed by atoms with Gasteiger partial charge in [0.05, 0.1) is 22.3 Å². The molecule has 0 atom stereocenters. The zero-order valence-corrected chi connectivity index (χ0v) is 17.5. The predicted molar refractivity (Wildman–Crippen MR) is 122 cm³/mol. The molecular weight excluding hydrogens is 432 g/mol. The molecule has 2 aliphatic heterocycles. The number of hydrogen-bond acceptors (Lipinski definition) is 6. The van der Waals surface area contributed by atoms with E-state index in [-0.39, 0.29) is 22.3 Å². The van der Waals surface area contributed by atoms with E-state index in [2.05, 4.69) is 0 Å². The summed E-state index contributed by atoms with van der Waals surface area (Å²) in [4.78, 5) is 47.9. The summed E-state index contributed by atoms with van der Waals surface area (Å²) in [5.41, 5.74) is 5.95. The monoisotopic (exact) mass is 446 g/mol. The zero-order valence-electron chi connectivity index (χ0n) is 17.5. The van der Waals surface area contributed by atoms with Gasteiger partial charge in [-0.3, -0.25) is 0 Å². The van der Waals surface area contributed by atoms with Crippen molar-refractivity contribution in [1.82, 2.24) is 0 Å². The molecule has 34 heavy (non-hydrogen) atoms. The highest BCUT2D eigenvalue weighted by Gasteiger charge is 2.31. The molecule has 6 rings (SSSR count). The third kappa shape index (κ3) is 3.12. The standard InChI is InChI=1S/C28H14O6/c29-25-21-8-6-16(13-23(21)27(31)33-25)19-10-18(15-4-2-1-3-5-15)11-20(12-19)17-7-9-22-24(14-17)28(32)34-26(22)30/h1-14H. The Morgan fingerprint density at radius 1 is 0.353 bits per heavy atom. The van der Waals surface area contributed by atoms with Gasteiger partial charge in [0, 0.05) is 0 Å². The summed E-state index contributed by atoms with van der Waals surface area (Å²) in [5.74, 6) is -2.62. The van der Waals surface area contributed by atoms with Crippen LogP contribution in [0.1, 0.15) is 41.4 Å². The summed E-state index contributed by atoms with van der Waals surface area (Å²) < 4.78 is 9.44. The second-order valence-corrected chi connectivity index (χ2v) is 8.04. The van der Waals surface area contributed by atoms with Crippen LogP contribution in [-0.4, -0.2) is 23.9 Å². The van der Waals surface area contributed by atoms with Crippen molar-refractivity contribution in [3.8, 4) is 33.4 Å². The van der Waals surface area contributed by atoms with Crippen molar-refractivity contribution in [1.29, 1.82) is 0 Å². The Labute approximate surface area is 193 Å². The van der Waals surface area contributed by atoms with E-state index < -0.39 is 23.9 Å². The molecule has 6 heteroatoms. The van der Waals surface area contributed by atoms with Crippen molar-refractivity contribution in [2.24, 2.45) is 0 Å². The molecule has 4 aromatic rings. The molecule has 0 fully saturated rings. The minimum absolute atomic E-state index is 0.230. The van der Waals surface area contributed by atoms with Crippen LogP contribution >= 0.6 is 0 Å². The highest BCUT2D eigenvalue weighted by molar-refractivity contribution is 6.16. The van der Waals surface area contributed by atoms with E-state index in [1.54, 1.807) is 36.4 Å². The van der Waals surface area contributed by atoms with E-state index >= 15 is 0 Å². The fraction of sp³-hybridized carbons (Fsp3) is 0. The van der Waals surface area contributed by atoms with Crippen LogP contribution in [0.3, 0.4) is 0 Å². The molecule has 2 heterocycles. The summed E-state index contributed by atoms with van der Waals surface area (Å²) in [6.45, 7) is 0. The Bertz CT molecular complexity index is 1470. The maximum atomic E-state index is 12.1. The molecule has 2 aliphatic rings. The quantitative estimate of drug-likeness (QED) is 0.313. The molecule has 0 N–H and O–H groups in total. The van der Waals surface area contributed by atoms with Crippen molar-refractivity contribution < 1.29 is 28.7 Å². The second kappa shape index (κ2) is 7.35. The van der Waals surface area contributed by atoms with Gasteiger partial charge in [-0.15, -0.1) is 0 Å². The van der Waals surface area contributed by atoms with Gasteiger partial charge in [0.15, 0.2) is 0 Å². The minimum atomic E-state index is -0.664. The number of rotatable bonds is 3. The number of ether oxygens (including phenoxy) is 2. The van der Waals surface area contributed by atoms with Crippen LogP contribution in [0.4, 0.5) is 0 Å². The van der Waals surface area contributed by atoms with Crippen LogP contribution in [0.2, 0.25) is 0 Å². The fourth-order valence-electron chi connectivity index (χ4n) is 4.29. The molecule has 0 amide bonds. The highest BCUT2D eigenvalue weighted by Crippen LogP contribution is 2.36. The summed E-state index contributed by atoms with van der Waals surface area (Å²) in [6.07, 6.45) is 0. The average molecular weight is 446 g/mol. The molecule has 0 saturated heterocycles. The smallest absolute Gasteiger partial charge is 0.346 e. The van der Waals surface area contributed by atoms with Gasteiger partial charge in [-0.1, -0.05) is 42.5 Å². The molecular formula is C28H14O6. The zero-order chi connectivity index (χ0) is 23.4. The van der Waals surface area contributed by atoms with Crippen LogP contribution in [0, 0.1) is 0 Å². The first-order chi connectivity index (χ1) is 16.5. The van der Waals surface area contributed by atoms with Gasteiger partial charge in [-0.05, 0) is 75.8 Å². The van der Waals surface area contributed by atoms with Crippen LogP contribution in [-0.2, 0) is 9.47 Å². The molecule has 0 aliphatic carbocycles. The van der Waals surface area contributed by atoms with Crippen molar-refractivity contribution in [2.45, 2.75) is 0 Å². The second-order valence-electron chi connectivity index (χ2n) is 8.04. The molecule has 0 spiro atoms. The highest BCUT2D eigenvalue weighted by atomic mass is 16.6. The maximum Gasteiger partial charge on any atom is 0.346 e. The Morgan fingerprint density at radius 3 is 1.24 bits per heavy atom. The van der Waals surface area contributed by atoms with E-state index in [1.165, 1.54) is 0 Å². The van der Waals surface area contributed by atoms with Gasteiger partial charge in [0.1, 0.15) is 0 Å². The van der Waals surface area contributed by atoms with Crippen LogP contribution in [0.5, 0.6) is 0 Å². The maximum absolute atomic E-state index is 12.1. The van der Waals surface area contributed by atoms with Crippen molar-refractivity contribution >= 4 is 23.9 Å². The first-order valence-electron chi connectivity index (χ1n) is 10.5. The number of benzene rings is 4. The van der Waals surface area contributed by atoms with Gasteiger partial charge >= 0.3 is 23.9 Å². The van der Waals surface area contributed by atoms with Crippen LogP contribution in [0.25, 0.3) is 33.4 Å². The lowest BCUT2D eigenvalue weighted by atomic mass is 9.91. The van der Waals surface area contributed by atoms with Gasteiger partial charge in [0.25, 0.3) is 0 Å². The summed E-state index contributed by atoms with van der Waals surface area (Å²) >= 11 is 0. The van der Waals surface area contributed by atoms with E-state index in [0.717, 1.165) is 33.4 Å². The van der Waals surface area contributed by atoms with E-state index in [4.69, 9.17) is 9.47 Å². The van der Waals surface area contributed by atoms with Crippen molar-refractivity contribution in [2.75, 3.05) is 0 Å². The van der Waals surface area contributed by atoms with Crippen molar-refractivity contribution in [3.05, 3.63) is 107 Å². The number of carbonyl (C=O) groups excluding carboxylic acids is 4. The average Bonchev–Trinajstić information content (AvgIpc) is 3.32. The molecule has 0 unspecified atom stereocenters. The molecule has 0 saturated carbocycles. The fourth-order valence-corrected chi connectivity index (χ4v) is 4.29. The van der Waals surface area contributed by atoms with E-state index in [0.29, 0.717) is 0 Å². The lowest BCUT2D eigenvalue weighted by Gasteiger charge is -2.12. The van der Waals surface area contributed by atoms with Gasteiger partial charge in [-0.2, -0.15) is 0 Å². The lowest BCUT2D eigenvalue weighted by molar-refractivity contribution is 0.0425. The number of fused-ring (bicyclic) bond motifs is 2. The third-order valence-corrected chi connectivity index (χ3v) is 6.00. The van der Waals surface area contributed by atoms with Gasteiger partial charge in [-0.25, -0.2) is 19.2 Å². The van der Waals surface area contributed by atoms with Gasteiger partial charge in [0.2, 0.25) is 0 Å². The third-order valence-electron chi connectivity index (χ3n) is 6.00. The number of hydrogen-bond donors (Lipinski definition) is 0. The molecule has 4 aromatic carbocycles. The molecule has 0 aromatic heterocycles. The first-order valence-corrected chi connectivity index (χ1v) is 10.5. The van der Waals surface area contributed by atoms with Crippen molar-refractivity contribution in [3.63, 3.8) is 0 Å². The lowest BCUT2D eigenvalue weighted by Crippen LogP contribution is -1.97. The number of carbonyl (C=O) groups is 4.